The van der Waals surface area contributed by atoms with Crippen molar-refractivity contribution in [3.8, 4) is 0 Å². The highest BCUT2D eigenvalue weighted by atomic mass is 16.5. The van der Waals surface area contributed by atoms with Crippen LogP contribution in [-0.2, 0) is 21.4 Å². The van der Waals surface area contributed by atoms with Gasteiger partial charge in [0.2, 0.25) is 5.91 Å². The Hall–Kier alpha value is -1.92. The van der Waals surface area contributed by atoms with Gasteiger partial charge in [0.25, 0.3) is 0 Å². The molecule has 0 saturated heterocycles. The summed E-state index contributed by atoms with van der Waals surface area (Å²) in [6, 6.07) is 5.78. The molecule has 1 aliphatic carbocycles. The van der Waals surface area contributed by atoms with E-state index in [1.807, 2.05) is 12.1 Å². The lowest BCUT2D eigenvalue weighted by Gasteiger charge is -2.49. The SMILES string of the molecule is CCCC[C@H](CCN[C@@H]1[C@@H](OC)Cc2ccc(C(N)=O)cc2C1(CC)CC)C(=O)O. The molecule has 2 rings (SSSR count). The Morgan fingerprint density at radius 3 is 2.50 bits per heavy atom. The van der Waals surface area contributed by atoms with Gasteiger partial charge in [0, 0.05) is 30.6 Å². The van der Waals surface area contributed by atoms with E-state index < -0.39 is 11.9 Å². The number of hydrogen-bond acceptors (Lipinski definition) is 4. The Bertz CT molecular complexity index is 730. The fraction of sp³-hybridized carbons (Fsp3) is 0.667. The minimum Gasteiger partial charge on any atom is -0.481 e. The van der Waals surface area contributed by atoms with Gasteiger partial charge in [0.15, 0.2) is 0 Å². The van der Waals surface area contributed by atoms with Crippen LogP contribution in [0.25, 0.3) is 0 Å². The van der Waals surface area contributed by atoms with E-state index in [0.29, 0.717) is 24.9 Å². The molecule has 0 spiro atoms. The van der Waals surface area contributed by atoms with E-state index in [1.54, 1.807) is 13.2 Å². The summed E-state index contributed by atoms with van der Waals surface area (Å²) in [7, 11) is 1.74. The smallest absolute Gasteiger partial charge is 0.306 e. The molecule has 6 nitrogen and oxygen atoms in total. The van der Waals surface area contributed by atoms with Crippen molar-refractivity contribution in [2.45, 2.75) is 83.3 Å². The minimum absolute atomic E-state index is 0.0178. The Balaban J connectivity index is 2.31. The fourth-order valence-corrected chi connectivity index (χ4v) is 5.10. The molecular formula is C24H38N2O4. The molecule has 0 bridgehead atoms. The van der Waals surface area contributed by atoms with Crippen LogP contribution in [0.3, 0.4) is 0 Å². The van der Waals surface area contributed by atoms with E-state index in [2.05, 4.69) is 26.1 Å². The van der Waals surface area contributed by atoms with Crippen LogP contribution < -0.4 is 11.1 Å². The predicted octanol–water partition coefficient (Wildman–Crippen LogP) is 3.65. The summed E-state index contributed by atoms with van der Waals surface area (Å²) in [6.45, 7) is 7.03. The van der Waals surface area contributed by atoms with Crippen molar-refractivity contribution in [2.24, 2.45) is 11.7 Å². The lowest BCUT2D eigenvalue weighted by molar-refractivity contribution is -0.142. The van der Waals surface area contributed by atoms with Crippen LogP contribution in [0.4, 0.5) is 0 Å². The Kier molecular flexibility index (Phi) is 8.86. The summed E-state index contributed by atoms with van der Waals surface area (Å²) in [5.74, 6) is -1.46. The number of carboxylic acids is 1. The number of aliphatic carboxylic acids is 1. The first-order chi connectivity index (χ1) is 14.3. The van der Waals surface area contributed by atoms with Crippen LogP contribution in [0.5, 0.6) is 0 Å². The number of unbranched alkanes of at least 4 members (excludes halogenated alkanes) is 1. The van der Waals surface area contributed by atoms with Gasteiger partial charge in [0.05, 0.1) is 12.0 Å². The quantitative estimate of drug-likeness (QED) is 0.481. The molecule has 1 aliphatic rings. The zero-order valence-corrected chi connectivity index (χ0v) is 18.9. The number of methoxy groups -OCH3 is 1. The van der Waals surface area contributed by atoms with E-state index in [0.717, 1.165) is 37.7 Å². The number of hydrogen-bond donors (Lipinski definition) is 3. The van der Waals surface area contributed by atoms with E-state index in [4.69, 9.17) is 10.5 Å². The number of carbonyl (C=O) groups is 2. The van der Waals surface area contributed by atoms with Crippen molar-refractivity contribution in [1.82, 2.24) is 5.32 Å². The summed E-state index contributed by atoms with van der Waals surface area (Å²) >= 11 is 0. The van der Waals surface area contributed by atoms with E-state index >= 15 is 0 Å². The Morgan fingerprint density at radius 2 is 1.97 bits per heavy atom. The number of amides is 1. The van der Waals surface area contributed by atoms with E-state index in [9.17, 15) is 14.7 Å². The van der Waals surface area contributed by atoms with Gasteiger partial charge in [-0.2, -0.15) is 0 Å². The second kappa shape index (κ2) is 10.9. The first-order valence-corrected chi connectivity index (χ1v) is 11.3. The summed E-state index contributed by atoms with van der Waals surface area (Å²) in [4.78, 5) is 23.4. The predicted molar refractivity (Wildman–Crippen MR) is 119 cm³/mol. The van der Waals surface area contributed by atoms with Crippen LogP contribution in [0.15, 0.2) is 18.2 Å². The molecule has 0 radical (unpaired) electrons. The third kappa shape index (κ3) is 5.03. The molecular weight excluding hydrogens is 380 g/mol. The van der Waals surface area contributed by atoms with Crippen molar-refractivity contribution in [3.05, 3.63) is 34.9 Å². The number of carbonyl (C=O) groups excluding carboxylic acids is 1. The average Bonchev–Trinajstić information content (AvgIpc) is 2.74. The molecule has 3 atom stereocenters. The van der Waals surface area contributed by atoms with Crippen molar-refractivity contribution in [2.75, 3.05) is 13.7 Å². The summed E-state index contributed by atoms with van der Waals surface area (Å²) < 4.78 is 5.90. The van der Waals surface area contributed by atoms with Crippen molar-refractivity contribution < 1.29 is 19.4 Å². The number of carboxylic acid groups (broad SMARTS) is 1. The first kappa shape index (κ1) is 24.4. The fourth-order valence-electron chi connectivity index (χ4n) is 5.10. The summed E-state index contributed by atoms with van der Waals surface area (Å²) in [6.07, 6.45) is 5.74. The van der Waals surface area contributed by atoms with Crippen LogP contribution in [0.2, 0.25) is 0 Å². The van der Waals surface area contributed by atoms with Gasteiger partial charge in [-0.1, -0.05) is 39.7 Å². The minimum atomic E-state index is -0.717. The van der Waals surface area contributed by atoms with Gasteiger partial charge in [-0.3, -0.25) is 9.59 Å². The van der Waals surface area contributed by atoms with Gasteiger partial charge in [-0.05, 0) is 55.5 Å². The number of nitrogens with two attached hydrogens (primary N) is 1. The molecule has 0 saturated carbocycles. The van der Waals surface area contributed by atoms with Crippen LogP contribution >= 0.6 is 0 Å². The molecule has 0 fully saturated rings. The van der Waals surface area contributed by atoms with Gasteiger partial charge in [-0.25, -0.2) is 0 Å². The second-order valence-electron chi connectivity index (χ2n) is 8.48. The Labute approximate surface area is 180 Å². The standard InChI is InChI=1S/C24H38N2O4/c1-5-8-9-16(23(28)29)12-13-26-21-20(30-4)15-17-10-11-18(22(25)27)14-19(17)24(21,6-2)7-3/h10-11,14,16,20-21,26H,5-9,12-13,15H2,1-4H3,(H2,25,27)(H,28,29)/t16-,20+,21-/m1/s1. The maximum atomic E-state index is 11.8. The van der Waals surface area contributed by atoms with Gasteiger partial charge in [-0.15, -0.1) is 0 Å². The normalized spacial score (nSPS) is 21.1. The van der Waals surface area contributed by atoms with Crippen molar-refractivity contribution in [3.63, 3.8) is 0 Å². The van der Waals surface area contributed by atoms with Crippen LogP contribution in [-0.4, -0.2) is 42.8 Å². The number of fused-ring (bicyclic) bond motifs is 1. The number of nitrogens with one attached hydrogen (secondary N) is 1. The number of ether oxygens (including phenoxy) is 1. The maximum Gasteiger partial charge on any atom is 0.306 e. The van der Waals surface area contributed by atoms with Gasteiger partial charge < -0.3 is 20.9 Å². The molecule has 1 amide bonds. The molecule has 0 aromatic heterocycles. The molecule has 0 heterocycles. The molecule has 1 aromatic rings. The second-order valence-corrected chi connectivity index (χ2v) is 8.48. The molecule has 168 valence electrons. The average molecular weight is 419 g/mol. The largest absolute Gasteiger partial charge is 0.481 e. The third-order valence-corrected chi connectivity index (χ3v) is 7.00. The molecule has 30 heavy (non-hydrogen) atoms. The molecule has 0 aliphatic heterocycles. The highest BCUT2D eigenvalue weighted by Gasteiger charge is 2.46. The molecule has 4 N–H and O–H groups in total. The summed E-state index contributed by atoms with van der Waals surface area (Å²) in [5.41, 5.74) is 8.23. The summed E-state index contributed by atoms with van der Waals surface area (Å²) in [5, 5.41) is 13.2. The van der Waals surface area contributed by atoms with Crippen molar-refractivity contribution >= 4 is 11.9 Å². The van der Waals surface area contributed by atoms with E-state index in [-0.39, 0.29) is 23.5 Å². The van der Waals surface area contributed by atoms with Crippen LogP contribution in [0, 0.1) is 5.92 Å². The molecule has 6 heteroatoms. The van der Waals surface area contributed by atoms with E-state index in [1.165, 1.54) is 5.56 Å². The lowest BCUT2D eigenvalue weighted by atomic mass is 9.62. The van der Waals surface area contributed by atoms with Gasteiger partial charge in [0.1, 0.15) is 0 Å². The zero-order valence-electron chi connectivity index (χ0n) is 18.9. The van der Waals surface area contributed by atoms with Crippen LogP contribution in [0.1, 0.15) is 80.8 Å². The highest BCUT2D eigenvalue weighted by molar-refractivity contribution is 5.93. The lowest BCUT2D eigenvalue weighted by Crippen LogP contribution is -2.59. The topological polar surface area (TPSA) is 102 Å². The molecule has 1 aromatic carbocycles. The molecule has 0 unspecified atom stereocenters. The zero-order chi connectivity index (χ0) is 22.3. The third-order valence-electron chi connectivity index (χ3n) is 7.00. The highest BCUT2D eigenvalue weighted by Crippen LogP contribution is 2.44. The van der Waals surface area contributed by atoms with Crippen molar-refractivity contribution in [1.29, 1.82) is 0 Å². The first-order valence-electron chi connectivity index (χ1n) is 11.3. The number of benzene rings is 1. The number of rotatable bonds is 12. The Morgan fingerprint density at radius 1 is 1.27 bits per heavy atom. The maximum absolute atomic E-state index is 11.8. The number of primary amides is 1. The monoisotopic (exact) mass is 418 g/mol. The van der Waals surface area contributed by atoms with Gasteiger partial charge >= 0.3 is 5.97 Å².